The number of ether oxygens (including phenoxy) is 1. The first-order valence-electron chi connectivity index (χ1n) is 10.2. The van der Waals surface area contributed by atoms with Crippen LogP contribution in [0.4, 0.5) is 5.69 Å². The van der Waals surface area contributed by atoms with E-state index < -0.39 is 0 Å². The van der Waals surface area contributed by atoms with Gasteiger partial charge < -0.3 is 20.3 Å². The lowest BCUT2D eigenvalue weighted by atomic mass is 10.1. The number of nitrogens with one attached hydrogen (secondary N) is 2. The minimum Gasteiger partial charge on any atom is -0.497 e. The molecule has 28 heavy (non-hydrogen) atoms. The van der Waals surface area contributed by atoms with Crippen molar-refractivity contribution in [1.29, 1.82) is 0 Å². The highest BCUT2D eigenvalue weighted by Gasteiger charge is 2.14. The zero-order valence-corrected chi connectivity index (χ0v) is 17.2. The number of methoxy groups -OCH3 is 1. The molecule has 1 atom stereocenters. The summed E-state index contributed by atoms with van der Waals surface area (Å²) in [7, 11) is 1.69. The summed E-state index contributed by atoms with van der Waals surface area (Å²) in [5, 5.41) is 6.89. The highest BCUT2D eigenvalue weighted by Crippen LogP contribution is 2.24. The molecule has 1 saturated heterocycles. The van der Waals surface area contributed by atoms with E-state index in [1.165, 1.54) is 24.1 Å². The van der Waals surface area contributed by atoms with E-state index in [2.05, 4.69) is 59.7 Å². The molecule has 1 unspecified atom stereocenters. The molecule has 1 fully saturated rings. The van der Waals surface area contributed by atoms with E-state index in [-0.39, 0.29) is 6.04 Å². The molecule has 0 radical (unpaired) electrons. The quantitative estimate of drug-likeness (QED) is 0.561. The smallest absolute Gasteiger partial charge is 0.192 e. The van der Waals surface area contributed by atoms with Crippen molar-refractivity contribution in [2.45, 2.75) is 39.3 Å². The zero-order valence-electron chi connectivity index (χ0n) is 17.2. The molecule has 2 aromatic rings. The van der Waals surface area contributed by atoms with Crippen molar-refractivity contribution in [2.75, 3.05) is 31.6 Å². The molecule has 0 aromatic heterocycles. The summed E-state index contributed by atoms with van der Waals surface area (Å²) >= 11 is 0. The summed E-state index contributed by atoms with van der Waals surface area (Å²) in [4.78, 5) is 7.22. The number of hydrogen-bond donors (Lipinski definition) is 2. The van der Waals surface area contributed by atoms with Gasteiger partial charge in [-0.3, -0.25) is 0 Å². The molecule has 0 aliphatic carbocycles. The standard InChI is InChI=1S/C23H32N4O/c1-4-24-23(25-17-19-9-7-12-22(15-19)28-3)26-18(2)20-10-8-11-21(16-20)27-13-5-6-14-27/h7-12,15-16,18H,4-6,13-14,17H2,1-3H3,(H2,24,25,26). The predicted octanol–water partition coefficient (Wildman–Crippen LogP) is 4.11. The van der Waals surface area contributed by atoms with E-state index in [1.54, 1.807) is 7.11 Å². The molecular weight excluding hydrogens is 348 g/mol. The number of rotatable bonds is 7. The third kappa shape index (κ3) is 5.41. The summed E-state index contributed by atoms with van der Waals surface area (Å²) in [6.07, 6.45) is 2.58. The zero-order chi connectivity index (χ0) is 19.8. The molecule has 0 spiro atoms. The number of guanidine groups is 1. The molecule has 0 amide bonds. The predicted molar refractivity (Wildman–Crippen MR) is 117 cm³/mol. The topological polar surface area (TPSA) is 48.9 Å². The van der Waals surface area contributed by atoms with Crippen LogP contribution in [0.25, 0.3) is 0 Å². The molecule has 1 aliphatic rings. The van der Waals surface area contributed by atoms with Gasteiger partial charge >= 0.3 is 0 Å². The highest BCUT2D eigenvalue weighted by molar-refractivity contribution is 5.80. The molecule has 2 N–H and O–H groups in total. The van der Waals surface area contributed by atoms with Gasteiger partial charge in [-0.1, -0.05) is 24.3 Å². The van der Waals surface area contributed by atoms with E-state index >= 15 is 0 Å². The number of nitrogens with zero attached hydrogens (tertiary/aromatic N) is 2. The lowest BCUT2D eigenvalue weighted by Crippen LogP contribution is -2.38. The van der Waals surface area contributed by atoms with Crippen LogP contribution in [0.1, 0.15) is 43.9 Å². The van der Waals surface area contributed by atoms with Crippen LogP contribution in [-0.2, 0) is 6.54 Å². The van der Waals surface area contributed by atoms with Crippen molar-refractivity contribution < 1.29 is 4.74 Å². The average Bonchev–Trinajstić information content (AvgIpc) is 3.27. The van der Waals surface area contributed by atoms with Gasteiger partial charge in [-0.2, -0.15) is 0 Å². The maximum Gasteiger partial charge on any atom is 0.192 e. The monoisotopic (exact) mass is 380 g/mol. The van der Waals surface area contributed by atoms with Crippen molar-refractivity contribution in [1.82, 2.24) is 10.6 Å². The van der Waals surface area contributed by atoms with E-state index in [1.807, 2.05) is 18.2 Å². The third-order valence-electron chi connectivity index (χ3n) is 5.09. The first-order valence-corrected chi connectivity index (χ1v) is 10.2. The summed E-state index contributed by atoms with van der Waals surface area (Å²) < 4.78 is 5.30. The highest BCUT2D eigenvalue weighted by atomic mass is 16.5. The molecule has 0 bridgehead atoms. The van der Waals surface area contributed by atoms with Gasteiger partial charge in [0, 0.05) is 25.3 Å². The maximum atomic E-state index is 5.30. The van der Waals surface area contributed by atoms with E-state index in [0.717, 1.165) is 36.9 Å². The SMILES string of the molecule is CCNC(=NCc1cccc(OC)c1)NC(C)c1cccc(N2CCCC2)c1. The lowest BCUT2D eigenvalue weighted by Gasteiger charge is -2.22. The van der Waals surface area contributed by atoms with Gasteiger partial charge in [-0.15, -0.1) is 0 Å². The third-order valence-corrected chi connectivity index (χ3v) is 5.09. The van der Waals surface area contributed by atoms with Crippen molar-refractivity contribution >= 4 is 11.6 Å². The molecule has 150 valence electrons. The Morgan fingerprint density at radius 3 is 2.68 bits per heavy atom. The van der Waals surface area contributed by atoms with Gasteiger partial charge in [0.05, 0.1) is 19.7 Å². The number of anilines is 1. The summed E-state index contributed by atoms with van der Waals surface area (Å²) in [5.41, 5.74) is 3.72. The van der Waals surface area contributed by atoms with E-state index in [9.17, 15) is 0 Å². The summed E-state index contributed by atoms with van der Waals surface area (Å²) in [6.45, 7) is 8.02. The van der Waals surface area contributed by atoms with E-state index in [0.29, 0.717) is 6.54 Å². The largest absolute Gasteiger partial charge is 0.497 e. The fourth-order valence-electron chi connectivity index (χ4n) is 3.52. The molecule has 3 rings (SSSR count). The van der Waals surface area contributed by atoms with Crippen LogP contribution in [0, 0.1) is 0 Å². The van der Waals surface area contributed by atoms with Crippen molar-refractivity contribution in [2.24, 2.45) is 4.99 Å². The first kappa shape index (κ1) is 20.1. The second-order valence-electron chi connectivity index (χ2n) is 7.20. The van der Waals surface area contributed by atoms with Crippen LogP contribution in [0.15, 0.2) is 53.5 Å². The normalized spacial score (nSPS) is 15.4. The van der Waals surface area contributed by atoms with Gasteiger partial charge in [-0.05, 0) is 62.1 Å². The second-order valence-corrected chi connectivity index (χ2v) is 7.20. The molecular formula is C23H32N4O. The molecule has 0 saturated carbocycles. The van der Waals surface area contributed by atoms with Crippen LogP contribution < -0.4 is 20.3 Å². The van der Waals surface area contributed by atoms with Crippen LogP contribution in [0.3, 0.4) is 0 Å². The van der Waals surface area contributed by atoms with Gasteiger partial charge in [0.25, 0.3) is 0 Å². The van der Waals surface area contributed by atoms with Gasteiger partial charge in [0.1, 0.15) is 5.75 Å². The molecule has 5 nitrogen and oxygen atoms in total. The Kier molecular flexibility index (Phi) is 7.18. The molecule has 1 heterocycles. The van der Waals surface area contributed by atoms with E-state index in [4.69, 9.17) is 9.73 Å². The fraction of sp³-hybridized carbons (Fsp3) is 0.435. The van der Waals surface area contributed by atoms with Crippen molar-refractivity contribution in [3.63, 3.8) is 0 Å². The van der Waals surface area contributed by atoms with Crippen molar-refractivity contribution in [3.05, 3.63) is 59.7 Å². The minimum absolute atomic E-state index is 0.172. The molecule has 2 aromatic carbocycles. The lowest BCUT2D eigenvalue weighted by molar-refractivity contribution is 0.414. The fourth-order valence-corrected chi connectivity index (χ4v) is 3.52. The second kappa shape index (κ2) is 10.0. The number of hydrogen-bond acceptors (Lipinski definition) is 3. The maximum absolute atomic E-state index is 5.30. The van der Waals surface area contributed by atoms with Crippen LogP contribution >= 0.6 is 0 Å². The van der Waals surface area contributed by atoms with Crippen LogP contribution in [0.5, 0.6) is 5.75 Å². The van der Waals surface area contributed by atoms with Crippen molar-refractivity contribution in [3.8, 4) is 5.75 Å². The Morgan fingerprint density at radius 2 is 1.93 bits per heavy atom. The molecule has 5 heteroatoms. The van der Waals surface area contributed by atoms with Crippen LogP contribution in [-0.4, -0.2) is 32.7 Å². The summed E-state index contributed by atoms with van der Waals surface area (Å²) in [6, 6.07) is 17.1. The Labute approximate surface area is 168 Å². The van der Waals surface area contributed by atoms with Gasteiger partial charge in [0.15, 0.2) is 5.96 Å². The average molecular weight is 381 g/mol. The molecule has 1 aliphatic heterocycles. The van der Waals surface area contributed by atoms with Crippen LogP contribution in [0.2, 0.25) is 0 Å². The van der Waals surface area contributed by atoms with Gasteiger partial charge in [-0.25, -0.2) is 4.99 Å². The Bertz CT molecular complexity index is 784. The number of aliphatic imine (C=N–C) groups is 1. The number of benzene rings is 2. The Morgan fingerprint density at radius 1 is 1.14 bits per heavy atom. The Hall–Kier alpha value is -2.69. The Balaban J connectivity index is 1.68. The van der Waals surface area contributed by atoms with Gasteiger partial charge in [0.2, 0.25) is 0 Å². The minimum atomic E-state index is 0.172. The summed E-state index contributed by atoms with van der Waals surface area (Å²) in [5.74, 6) is 1.68. The first-order chi connectivity index (χ1) is 13.7.